The van der Waals surface area contributed by atoms with Gasteiger partial charge in [-0.05, 0) is 51.8 Å². The monoisotopic (exact) mass is 500 g/mol. The van der Waals surface area contributed by atoms with Gasteiger partial charge in [-0.15, -0.1) is 0 Å². The third kappa shape index (κ3) is 3.90. The maximum absolute atomic E-state index is 13.1. The summed E-state index contributed by atoms with van der Waals surface area (Å²) in [6.07, 6.45) is -4.01. The lowest BCUT2D eigenvalue weighted by Gasteiger charge is -2.52. The second-order valence-corrected chi connectivity index (χ2v) is 18.0. The molecule has 2 saturated heterocycles. The minimum Gasteiger partial charge on any atom is -0.452 e. The molecule has 2 aliphatic heterocycles. The van der Waals surface area contributed by atoms with Crippen molar-refractivity contribution >= 4 is 14.0 Å². The zero-order valence-corrected chi connectivity index (χ0v) is 22.5. The Bertz CT molecular complexity index is 878. The van der Waals surface area contributed by atoms with Crippen molar-refractivity contribution in [2.75, 3.05) is 13.4 Å². The molecule has 10 heteroatoms. The third-order valence-electron chi connectivity index (χ3n) is 7.91. The fourth-order valence-electron chi connectivity index (χ4n) is 6.10. The summed E-state index contributed by atoms with van der Waals surface area (Å²) >= 11 is 0. The van der Waals surface area contributed by atoms with E-state index in [1.165, 1.54) is 6.92 Å². The van der Waals surface area contributed by atoms with Crippen molar-refractivity contribution in [2.24, 2.45) is 5.92 Å². The van der Waals surface area contributed by atoms with Crippen LogP contribution in [0.5, 0.6) is 0 Å². The Morgan fingerprint density at radius 2 is 1.79 bits per heavy atom. The smallest absolute Gasteiger partial charge is 0.342 e. The molecule has 8 atom stereocenters. The molecule has 1 saturated carbocycles. The van der Waals surface area contributed by atoms with Crippen molar-refractivity contribution in [3.05, 3.63) is 11.1 Å². The molecule has 0 aromatic rings. The van der Waals surface area contributed by atoms with Crippen LogP contribution in [0.4, 0.5) is 0 Å². The van der Waals surface area contributed by atoms with Crippen molar-refractivity contribution < 1.29 is 43.8 Å². The maximum Gasteiger partial charge on any atom is 0.342 e. The van der Waals surface area contributed by atoms with Crippen LogP contribution in [0.1, 0.15) is 41.0 Å². The van der Waals surface area contributed by atoms with Gasteiger partial charge in [0.1, 0.15) is 12.9 Å². The van der Waals surface area contributed by atoms with E-state index in [1.54, 1.807) is 27.7 Å². The number of carbonyl (C=O) groups is 1. The first-order chi connectivity index (χ1) is 15.4. The highest BCUT2D eigenvalue weighted by Gasteiger charge is 2.78. The van der Waals surface area contributed by atoms with E-state index in [0.717, 1.165) is 6.04 Å². The SMILES string of the molecule is CC1=C2[C@H]([C@H](OCOCC[Si](C)(C)C)[C@H]1O)[C@@](C)(O)C[C@@H]1OC(C)(C)O[C@]3(C)C(=O)O[C@@H]2[C@]13O. The van der Waals surface area contributed by atoms with Crippen molar-refractivity contribution in [2.45, 2.75) is 114 Å². The Morgan fingerprint density at radius 3 is 2.41 bits per heavy atom. The molecule has 0 aromatic carbocycles. The Balaban J connectivity index is 1.67. The van der Waals surface area contributed by atoms with Gasteiger partial charge in [-0.3, -0.25) is 0 Å². The van der Waals surface area contributed by atoms with Gasteiger partial charge in [-0.2, -0.15) is 0 Å². The van der Waals surface area contributed by atoms with E-state index in [0.29, 0.717) is 17.8 Å². The number of esters is 1. The van der Waals surface area contributed by atoms with E-state index in [2.05, 4.69) is 19.6 Å². The number of carbonyl (C=O) groups excluding carboxylic acids is 1. The van der Waals surface area contributed by atoms with E-state index in [4.69, 9.17) is 23.7 Å². The topological polar surface area (TPSA) is 124 Å². The summed E-state index contributed by atoms with van der Waals surface area (Å²) in [5.74, 6) is -2.63. The maximum atomic E-state index is 13.1. The molecule has 9 nitrogen and oxygen atoms in total. The van der Waals surface area contributed by atoms with Crippen LogP contribution in [0, 0.1) is 5.92 Å². The quantitative estimate of drug-likeness (QED) is 0.164. The lowest BCUT2D eigenvalue weighted by atomic mass is 9.74. The van der Waals surface area contributed by atoms with Crippen LogP contribution in [0.25, 0.3) is 0 Å². The number of rotatable bonds is 6. The van der Waals surface area contributed by atoms with E-state index in [1.807, 2.05) is 0 Å². The van der Waals surface area contributed by atoms with Gasteiger partial charge in [-0.25, -0.2) is 4.79 Å². The molecule has 2 heterocycles. The lowest BCUT2D eigenvalue weighted by Crippen LogP contribution is -2.72. The Morgan fingerprint density at radius 1 is 1.15 bits per heavy atom. The van der Waals surface area contributed by atoms with Gasteiger partial charge in [-0.1, -0.05) is 19.6 Å². The highest BCUT2D eigenvalue weighted by Crippen LogP contribution is 2.59. The Labute approximate surface area is 202 Å². The van der Waals surface area contributed by atoms with Crippen LogP contribution >= 0.6 is 0 Å². The van der Waals surface area contributed by atoms with E-state index >= 15 is 0 Å². The van der Waals surface area contributed by atoms with Gasteiger partial charge in [0.25, 0.3) is 0 Å². The second-order valence-electron chi connectivity index (χ2n) is 12.3. The fraction of sp³-hybridized carbons (Fsp3) is 0.875. The highest BCUT2D eigenvalue weighted by atomic mass is 28.3. The van der Waals surface area contributed by atoms with Gasteiger partial charge in [0.2, 0.25) is 5.60 Å². The van der Waals surface area contributed by atoms with E-state index < -0.39 is 67.0 Å². The van der Waals surface area contributed by atoms with Gasteiger partial charge in [0.15, 0.2) is 17.5 Å². The molecule has 0 aromatic heterocycles. The predicted molar refractivity (Wildman–Crippen MR) is 125 cm³/mol. The third-order valence-corrected chi connectivity index (χ3v) is 9.61. The van der Waals surface area contributed by atoms with Gasteiger partial charge in [0.05, 0.1) is 17.8 Å². The number of hydrogen-bond acceptors (Lipinski definition) is 9. The molecule has 0 spiro atoms. The average molecular weight is 501 g/mol. The number of aliphatic hydroxyl groups excluding tert-OH is 1. The van der Waals surface area contributed by atoms with Crippen molar-refractivity contribution in [1.29, 1.82) is 0 Å². The minimum atomic E-state index is -1.89. The molecule has 3 N–H and O–H groups in total. The number of ether oxygens (including phenoxy) is 5. The summed E-state index contributed by atoms with van der Waals surface area (Å²) in [4.78, 5) is 13.1. The summed E-state index contributed by atoms with van der Waals surface area (Å²) in [5, 5.41) is 34.8. The molecule has 0 radical (unpaired) electrons. The van der Waals surface area contributed by atoms with Crippen LogP contribution in [-0.2, 0) is 28.5 Å². The summed E-state index contributed by atoms with van der Waals surface area (Å²) in [7, 11) is -1.26. The first kappa shape index (κ1) is 26.2. The molecule has 4 rings (SSSR count). The summed E-state index contributed by atoms with van der Waals surface area (Å²) in [6, 6.07) is 0.978. The molecule has 194 valence electrons. The molecule has 0 bridgehead atoms. The number of aliphatic hydroxyl groups is 3. The highest BCUT2D eigenvalue weighted by molar-refractivity contribution is 6.76. The van der Waals surface area contributed by atoms with Crippen LogP contribution in [0.3, 0.4) is 0 Å². The summed E-state index contributed by atoms with van der Waals surface area (Å²) < 4.78 is 29.5. The van der Waals surface area contributed by atoms with Crippen LogP contribution < -0.4 is 0 Å². The largest absolute Gasteiger partial charge is 0.452 e. The van der Waals surface area contributed by atoms with Gasteiger partial charge >= 0.3 is 5.97 Å². The second kappa shape index (κ2) is 8.07. The van der Waals surface area contributed by atoms with Crippen molar-refractivity contribution in [3.63, 3.8) is 0 Å². The van der Waals surface area contributed by atoms with Crippen LogP contribution in [-0.4, -0.2) is 89.8 Å². The van der Waals surface area contributed by atoms with E-state index in [9.17, 15) is 20.1 Å². The Kier molecular flexibility index (Phi) is 6.23. The Hall–Kier alpha value is -0.853. The summed E-state index contributed by atoms with van der Waals surface area (Å²) in [5.41, 5.74) is -4.08. The first-order valence-corrected chi connectivity index (χ1v) is 15.8. The van der Waals surface area contributed by atoms with Crippen LogP contribution in [0.2, 0.25) is 25.7 Å². The molecule has 2 aliphatic carbocycles. The molecule has 4 aliphatic rings. The standard InChI is InChI=1S/C24H40O9Si/c1-13-15-16(18(17(13)25)30-12-29-9-10-34(6,7)8)22(4,27)11-14-24(28)19(15)31-20(26)23(24,5)33-21(2,3)32-14/h14,16-19,25,27-28H,9-12H2,1-8H3/t14-,16+,17-,18-,19-,22-,23+,24+/m0/s1. The lowest BCUT2D eigenvalue weighted by molar-refractivity contribution is -0.382. The van der Waals surface area contributed by atoms with Gasteiger partial charge in [0, 0.05) is 27.0 Å². The molecule has 34 heavy (non-hydrogen) atoms. The molecular weight excluding hydrogens is 460 g/mol. The van der Waals surface area contributed by atoms with Crippen molar-refractivity contribution in [3.8, 4) is 0 Å². The van der Waals surface area contributed by atoms with E-state index in [-0.39, 0.29) is 13.2 Å². The molecular formula is C24H40O9Si. The first-order valence-electron chi connectivity index (χ1n) is 12.1. The predicted octanol–water partition coefficient (Wildman–Crippen LogP) is 1.71. The normalized spacial score (nSPS) is 45.6. The molecule has 3 fully saturated rings. The van der Waals surface area contributed by atoms with Crippen LogP contribution in [0.15, 0.2) is 11.1 Å². The number of fused-ring (bicyclic) bond motifs is 2. The molecule has 0 unspecified atom stereocenters. The summed E-state index contributed by atoms with van der Waals surface area (Å²) in [6.45, 7) is 15.5. The number of hydrogen-bond donors (Lipinski definition) is 3. The minimum absolute atomic E-state index is 0.0104. The molecule has 0 amide bonds. The zero-order chi connectivity index (χ0) is 25.5. The van der Waals surface area contributed by atoms with Gasteiger partial charge < -0.3 is 39.0 Å². The average Bonchev–Trinajstić information content (AvgIpc) is 3.00. The zero-order valence-electron chi connectivity index (χ0n) is 21.5. The van der Waals surface area contributed by atoms with Crippen molar-refractivity contribution in [1.82, 2.24) is 0 Å². The fourth-order valence-corrected chi connectivity index (χ4v) is 6.86.